The van der Waals surface area contributed by atoms with Crippen molar-refractivity contribution in [1.82, 2.24) is 4.98 Å². The summed E-state index contributed by atoms with van der Waals surface area (Å²) in [5.41, 5.74) is -0.0553. The second kappa shape index (κ2) is 5.51. The van der Waals surface area contributed by atoms with E-state index in [1.807, 2.05) is 0 Å². The van der Waals surface area contributed by atoms with Crippen LogP contribution in [0.4, 0.5) is 0 Å². The summed E-state index contributed by atoms with van der Waals surface area (Å²) in [6, 6.07) is 0. The second-order valence-electron chi connectivity index (χ2n) is 4.24. The molecular weight excluding hydrogens is 274 g/mol. The van der Waals surface area contributed by atoms with Crippen LogP contribution in [0.15, 0.2) is 0 Å². The molecule has 0 amide bonds. The Morgan fingerprint density at radius 1 is 1.42 bits per heavy atom. The van der Waals surface area contributed by atoms with Gasteiger partial charge in [-0.05, 0) is 6.42 Å². The number of rotatable bonds is 4. The van der Waals surface area contributed by atoms with Gasteiger partial charge in [0.05, 0.1) is 6.61 Å². The van der Waals surface area contributed by atoms with Gasteiger partial charge in [-0.25, -0.2) is 9.78 Å². The molecule has 4 atom stereocenters. The Balaban J connectivity index is 2.30. The second-order valence-corrected chi connectivity index (χ2v) is 5.36. The first-order valence-corrected chi connectivity index (χ1v) is 6.66. The van der Waals surface area contributed by atoms with Gasteiger partial charge in [-0.2, -0.15) is 0 Å². The number of ether oxygens (including phenoxy) is 1. The molecule has 1 aliphatic rings. The number of carboxylic acids is 1. The molecule has 2 rings (SSSR count). The number of aryl methyl sites for hydroxylation is 1. The lowest BCUT2D eigenvalue weighted by atomic mass is 10.1. The molecule has 0 unspecified atom stereocenters. The van der Waals surface area contributed by atoms with Gasteiger partial charge in [0.25, 0.3) is 0 Å². The number of hydrogen-bond acceptors (Lipinski definition) is 7. The van der Waals surface area contributed by atoms with Crippen molar-refractivity contribution in [3.05, 3.63) is 15.6 Å². The van der Waals surface area contributed by atoms with Crippen molar-refractivity contribution in [2.75, 3.05) is 6.61 Å². The predicted octanol–water partition coefficient (Wildman–Crippen LogP) is -0.442. The fourth-order valence-corrected chi connectivity index (χ4v) is 3.08. The molecule has 8 heteroatoms. The third-order valence-electron chi connectivity index (χ3n) is 3.02. The zero-order valence-electron chi connectivity index (χ0n) is 10.2. The van der Waals surface area contributed by atoms with Gasteiger partial charge in [0.1, 0.15) is 29.4 Å². The lowest BCUT2D eigenvalue weighted by Crippen LogP contribution is -2.32. The summed E-state index contributed by atoms with van der Waals surface area (Å²) in [4.78, 5) is 15.6. The average molecular weight is 289 g/mol. The Bertz CT molecular complexity index is 476. The number of aliphatic hydroxyl groups is 3. The smallest absolute Gasteiger partial charge is 0.355 e. The first-order valence-electron chi connectivity index (χ1n) is 5.84. The minimum atomic E-state index is -1.23. The maximum atomic E-state index is 11.0. The molecule has 0 bridgehead atoms. The monoisotopic (exact) mass is 289 g/mol. The number of nitrogens with zero attached hydrogens (tertiary/aromatic N) is 1. The molecule has 7 nitrogen and oxygen atoms in total. The van der Waals surface area contributed by atoms with E-state index < -0.39 is 37.0 Å². The van der Waals surface area contributed by atoms with Crippen molar-refractivity contribution in [3.63, 3.8) is 0 Å². The summed E-state index contributed by atoms with van der Waals surface area (Å²) in [5.74, 6) is -1.13. The number of aromatic carboxylic acids is 1. The van der Waals surface area contributed by atoms with Crippen LogP contribution in [0.5, 0.6) is 0 Å². The fourth-order valence-electron chi connectivity index (χ4n) is 2.00. The Kier molecular flexibility index (Phi) is 4.16. The van der Waals surface area contributed by atoms with Gasteiger partial charge in [-0.1, -0.05) is 6.92 Å². The molecule has 0 spiro atoms. The van der Waals surface area contributed by atoms with Crippen molar-refractivity contribution in [1.29, 1.82) is 0 Å². The van der Waals surface area contributed by atoms with E-state index in [1.54, 1.807) is 6.92 Å². The molecule has 1 saturated heterocycles. The largest absolute Gasteiger partial charge is 0.476 e. The number of hydrogen-bond donors (Lipinski definition) is 4. The van der Waals surface area contributed by atoms with Gasteiger partial charge in [0.15, 0.2) is 5.69 Å². The van der Waals surface area contributed by atoms with Gasteiger partial charge < -0.3 is 25.2 Å². The highest BCUT2D eigenvalue weighted by atomic mass is 32.1. The SMILES string of the molecule is CCc1sc([C@@H]2O[C@H](CO)[C@@H](O)[C@H]2O)nc1C(=O)O. The molecule has 19 heavy (non-hydrogen) atoms. The molecule has 0 aromatic carbocycles. The Hall–Kier alpha value is -1.06. The lowest BCUT2D eigenvalue weighted by molar-refractivity contribution is -0.0228. The first-order chi connectivity index (χ1) is 8.99. The van der Waals surface area contributed by atoms with Gasteiger partial charge in [-0.3, -0.25) is 0 Å². The van der Waals surface area contributed by atoms with Crippen LogP contribution in [0, 0.1) is 0 Å². The molecular formula is C11H15NO6S. The van der Waals surface area contributed by atoms with Crippen molar-refractivity contribution < 1.29 is 30.0 Å². The van der Waals surface area contributed by atoms with Crippen LogP contribution in [0.1, 0.15) is 33.4 Å². The predicted molar refractivity (Wildman–Crippen MR) is 65.2 cm³/mol. The fraction of sp³-hybridized carbons (Fsp3) is 0.636. The molecule has 1 aromatic rings. The van der Waals surface area contributed by atoms with Gasteiger partial charge >= 0.3 is 5.97 Å². The quantitative estimate of drug-likeness (QED) is 0.593. The van der Waals surface area contributed by atoms with E-state index in [2.05, 4.69) is 4.98 Å². The van der Waals surface area contributed by atoms with Crippen LogP contribution in [0.25, 0.3) is 0 Å². The zero-order valence-corrected chi connectivity index (χ0v) is 11.0. The summed E-state index contributed by atoms with van der Waals surface area (Å²) < 4.78 is 5.32. The van der Waals surface area contributed by atoms with Crippen molar-refractivity contribution in [3.8, 4) is 0 Å². The summed E-state index contributed by atoms with van der Waals surface area (Å²) in [5, 5.41) is 37.8. The molecule has 0 radical (unpaired) electrons. The van der Waals surface area contributed by atoms with Crippen LogP contribution < -0.4 is 0 Å². The highest BCUT2D eigenvalue weighted by Gasteiger charge is 2.44. The van der Waals surface area contributed by atoms with Crippen LogP contribution in [0.2, 0.25) is 0 Å². The van der Waals surface area contributed by atoms with E-state index >= 15 is 0 Å². The minimum absolute atomic E-state index is 0.0553. The number of carbonyl (C=O) groups is 1. The lowest BCUT2D eigenvalue weighted by Gasteiger charge is -2.11. The summed E-state index contributed by atoms with van der Waals surface area (Å²) in [6.07, 6.45) is -3.72. The van der Waals surface area contributed by atoms with Gasteiger partial charge in [-0.15, -0.1) is 11.3 Å². The minimum Gasteiger partial charge on any atom is -0.476 e. The third-order valence-corrected chi connectivity index (χ3v) is 4.28. The molecule has 106 valence electrons. The van der Waals surface area contributed by atoms with Gasteiger partial charge in [0, 0.05) is 4.88 Å². The van der Waals surface area contributed by atoms with Crippen LogP contribution in [0.3, 0.4) is 0 Å². The number of thiazole rings is 1. The first kappa shape index (κ1) is 14.4. The molecule has 4 N–H and O–H groups in total. The topological polar surface area (TPSA) is 120 Å². The molecule has 0 aliphatic carbocycles. The van der Waals surface area contributed by atoms with Crippen molar-refractivity contribution in [2.45, 2.75) is 37.8 Å². The maximum absolute atomic E-state index is 11.0. The van der Waals surface area contributed by atoms with E-state index in [-0.39, 0.29) is 5.69 Å². The maximum Gasteiger partial charge on any atom is 0.355 e. The van der Waals surface area contributed by atoms with E-state index in [0.29, 0.717) is 16.3 Å². The van der Waals surface area contributed by atoms with E-state index in [9.17, 15) is 15.0 Å². The van der Waals surface area contributed by atoms with E-state index in [0.717, 1.165) is 11.3 Å². The van der Waals surface area contributed by atoms with Gasteiger partial charge in [0.2, 0.25) is 0 Å². The van der Waals surface area contributed by atoms with E-state index in [4.69, 9.17) is 14.9 Å². The van der Waals surface area contributed by atoms with Crippen molar-refractivity contribution >= 4 is 17.3 Å². The Morgan fingerprint density at radius 3 is 2.53 bits per heavy atom. The summed E-state index contributed by atoms with van der Waals surface area (Å²) >= 11 is 1.13. The summed E-state index contributed by atoms with van der Waals surface area (Å²) in [7, 11) is 0. The third kappa shape index (κ3) is 2.49. The summed E-state index contributed by atoms with van der Waals surface area (Å²) in [6.45, 7) is 1.38. The number of aromatic nitrogens is 1. The van der Waals surface area contributed by atoms with E-state index in [1.165, 1.54) is 0 Å². The highest BCUT2D eigenvalue weighted by molar-refractivity contribution is 7.12. The highest BCUT2D eigenvalue weighted by Crippen LogP contribution is 2.36. The van der Waals surface area contributed by atoms with Crippen LogP contribution in [-0.2, 0) is 11.2 Å². The molecule has 1 fully saturated rings. The Morgan fingerprint density at radius 2 is 2.11 bits per heavy atom. The number of aliphatic hydroxyl groups excluding tert-OH is 3. The van der Waals surface area contributed by atoms with Crippen LogP contribution in [-0.4, -0.2) is 56.3 Å². The zero-order chi connectivity index (χ0) is 14.2. The number of carboxylic acid groups (broad SMARTS) is 1. The molecule has 1 aliphatic heterocycles. The normalized spacial score (nSPS) is 30.7. The van der Waals surface area contributed by atoms with Crippen molar-refractivity contribution in [2.24, 2.45) is 0 Å². The van der Waals surface area contributed by atoms with Crippen LogP contribution >= 0.6 is 11.3 Å². The molecule has 1 aromatic heterocycles. The molecule has 2 heterocycles. The Labute approximate surface area is 113 Å². The molecule has 0 saturated carbocycles. The standard InChI is InChI=1S/C11H15NO6S/c1-2-5-6(11(16)17)12-10(19-5)9-8(15)7(14)4(3-13)18-9/h4,7-9,13-15H,2-3H2,1H3,(H,16,17)/t4-,7-,8-,9-/m1/s1. The average Bonchev–Trinajstić information content (AvgIpc) is 2.93.